The molecule has 2 aromatic heterocycles. The molecular weight excluding hydrogens is 354 g/mol. The van der Waals surface area contributed by atoms with Crippen LogP contribution in [-0.4, -0.2) is 17.1 Å². The molecule has 0 aliphatic rings. The second-order valence-corrected chi connectivity index (χ2v) is 6.94. The lowest BCUT2D eigenvalue weighted by atomic mass is 9.95. The molecule has 27 heavy (non-hydrogen) atoms. The standard InChI is InChI=1S/C22H19N3OS/c1-26-18-9-7-16(8-10-18)20-19(13-15-5-3-2-4-6-15)21(25-22(23)24-20)17-11-12-27-14-17/h2-12,14H,13H2,1H3,(H2,23,24,25). The van der Waals surface area contributed by atoms with Gasteiger partial charge in [0.05, 0.1) is 18.5 Å². The number of hydrogen-bond donors (Lipinski definition) is 1. The van der Waals surface area contributed by atoms with E-state index in [1.54, 1.807) is 18.4 Å². The van der Waals surface area contributed by atoms with Crippen LogP contribution >= 0.6 is 11.3 Å². The van der Waals surface area contributed by atoms with Gasteiger partial charge in [0.15, 0.2) is 0 Å². The highest BCUT2D eigenvalue weighted by molar-refractivity contribution is 7.08. The molecule has 0 saturated heterocycles. The van der Waals surface area contributed by atoms with E-state index in [4.69, 9.17) is 10.5 Å². The Balaban J connectivity index is 1.90. The molecule has 2 N–H and O–H groups in total. The minimum absolute atomic E-state index is 0.277. The van der Waals surface area contributed by atoms with Gasteiger partial charge in [0.2, 0.25) is 5.95 Å². The van der Waals surface area contributed by atoms with Gasteiger partial charge >= 0.3 is 0 Å². The molecule has 0 unspecified atom stereocenters. The lowest BCUT2D eigenvalue weighted by Crippen LogP contribution is -2.05. The second kappa shape index (κ2) is 7.60. The molecule has 4 aromatic rings. The van der Waals surface area contributed by atoms with E-state index in [2.05, 4.69) is 33.5 Å². The van der Waals surface area contributed by atoms with Gasteiger partial charge in [-0.2, -0.15) is 11.3 Å². The predicted molar refractivity (Wildman–Crippen MR) is 111 cm³/mol. The van der Waals surface area contributed by atoms with E-state index in [0.717, 1.165) is 40.2 Å². The first-order valence-electron chi connectivity index (χ1n) is 8.62. The molecule has 2 heterocycles. The summed E-state index contributed by atoms with van der Waals surface area (Å²) in [6.45, 7) is 0. The maximum atomic E-state index is 6.08. The fraction of sp³-hybridized carbons (Fsp3) is 0.0909. The Hall–Kier alpha value is -3.18. The van der Waals surface area contributed by atoms with Crippen LogP contribution < -0.4 is 10.5 Å². The van der Waals surface area contributed by atoms with E-state index in [1.165, 1.54) is 5.56 Å². The molecule has 0 amide bonds. The Morgan fingerprint density at radius 3 is 2.22 bits per heavy atom. The molecule has 4 nitrogen and oxygen atoms in total. The lowest BCUT2D eigenvalue weighted by Gasteiger charge is -2.15. The largest absolute Gasteiger partial charge is 0.497 e. The van der Waals surface area contributed by atoms with Crippen molar-refractivity contribution >= 4 is 17.3 Å². The van der Waals surface area contributed by atoms with Crippen LogP contribution in [0.5, 0.6) is 5.75 Å². The Morgan fingerprint density at radius 1 is 0.889 bits per heavy atom. The first kappa shape index (κ1) is 17.2. The minimum Gasteiger partial charge on any atom is -0.497 e. The highest BCUT2D eigenvalue weighted by Gasteiger charge is 2.17. The van der Waals surface area contributed by atoms with Gasteiger partial charge in [0.1, 0.15) is 5.75 Å². The summed E-state index contributed by atoms with van der Waals surface area (Å²) in [5.74, 6) is 1.09. The average Bonchev–Trinajstić information content (AvgIpc) is 3.24. The average molecular weight is 373 g/mol. The summed E-state index contributed by atoms with van der Waals surface area (Å²) in [6.07, 6.45) is 0.730. The van der Waals surface area contributed by atoms with Crippen molar-refractivity contribution < 1.29 is 4.74 Å². The monoisotopic (exact) mass is 373 g/mol. The number of benzene rings is 2. The van der Waals surface area contributed by atoms with Gasteiger partial charge in [0.25, 0.3) is 0 Å². The number of rotatable bonds is 5. The van der Waals surface area contributed by atoms with E-state index in [1.807, 2.05) is 47.8 Å². The quantitative estimate of drug-likeness (QED) is 0.531. The fourth-order valence-electron chi connectivity index (χ4n) is 3.09. The maximum absolute atomic E-state index is 6.08. The number of nitrogen functional groups attached to an aromatic ring is 1. The normalized spacial score (nSPS) is 10.7. The molecule has 0 saturated carbocycles. The molecule has 5 heteroatoms. The Morgan fingerprint density at radius 2 is 1.59 bits per heavy atom. The van der Waals surface area contributed by atoms with Crippen LogP contribution in [0.2, 0.25) is 0 Å². The molecule has 134 valence electrons. The highest BCUT2D eigenvalue weighted by atomic mass is 32.1. The smallest absolute Gasteiger partial charge is 0.221 e. The first-order valence-corrected chi connectivity index (χ1v) is 9.56. The molecule has 0 radical (unpaired) electrons. The molecule has 0 atom stereocenters. The summed E-state index contributed by atoms with van der Waals surface area (Å²) >= 11 is 1.64. The third kappa shape index (κ3) is 3.68. The van der Waals surface area contributed by atoms with Crippen LogP contribution in [0.25, 0.3) is 22.5 Å². The zero-order valence-corrected chi connectivity index (χ0v) is 15.7. The first-order chi connectivity index (χ1) is 13.2. The zero-order chi connectivity index (χ0) is 18.6. The molecule has 2 aromatic carbocycles. The molecule has 4 rings (SSSR count). The van der Waals surface area contributed by atoms with Crippen LogP contribution in [0.3, 0.4) is 0 Å². The lowest BCUT2D eigenvalue weighted by molar-refractivity contribution is 0.415. The van der Waals surface area contributed by atoms with Crippen LogP contribution in [-0.2, 0) is 6.42 Å². The summed E-state index contributed by atoms with van der Waals surface area (Å²) in [5, 5.41) is 4.14. The number of nitrogens with zero attached hydrogens (tertiary/aromatic N) is 2. The second-order valence-electron chi connectivity index (χ2n) is 6.16. The number of aromatic nitrogens is 2. The summed E-state index contributed by atoms with van der Waals surface area (Å²) < 4.78 is 5.28. The molecule has 0 spiro atoms. The minimum atomic E-state index is 0.277. The van der Waals surface area contributed by atoms with Crippen molar-refractivity contribution in [2.24, 2.45) is 0 Å². The van der Waals surface area contributed by atoms with E-state index in [9.17, 15) is 0 Å². The number of ether oxygens (including phenoxy) is 1. The van der Waals surface area contributed by atoms with Crippen molar-refractivity contribution in [1.29, 1.82) is 0 Å². The fourth-order valence-corrected chi connectivity index (χ4v) is 3.73. The van der Waals surface area contributed by atoms with Gasteiger partial charge in [-0.15, -0.1) is 0 Å². The molecule has 0 aliphatic heterocycles. The van der Waals surface area contributed by atoms with E-state index in [-0.39, 0.29) is 5.95 Å². The Bertz CT molecular complexity index is 1030. The van der Waals surface area contributed by atoms with Gasteiger partial charge in [-0.3, -0.25) is 0 Å². The third-order valence-corrected chi connectivity index (χ3v) is 5.09. The van der Waals surface area contributed by atoms with E-state index in [0.29, 0.717) is 0 Å². The van der Waals surface area contributed by atoms with Crippen LogP contribution in [0.4, 0.5) is 5.95 Å². The van der Waals surface area contributed by atoms with Gasteiger partial charge in [-0.05, 0) is 41.3 Å². The van der Waals surface area contributed by atoms with Gasteiger partial charge < -0.3 is 10.5 Å². The topological polar surface area (TPSA) is 61.0 Å². The van der Waals surface area contributed by atoms with Crippen molar-refractivity contribution in [3.05, 3.63) is 82.6 Å². The summed E-state index contributed by atoms with van der Waals surface area (Å²) in [7, 11) is 1.66. The Labute approximate surface area is 162 Å². The third-order valence-electron chi connectivity index (χ3n) is 4.41. The molecular formula is C22H19N3OS. The molecule has 0 bridgehead atoms. The van der Waals surface area contributed by atoms with Crippen LogP contribution in [0.1, 0.15) is 11.1 Å². The number of thiophene rings is 1. The van der Waals surface area contributed by atoms with Gasteiger partial charge in [-0.1, -0.05) is 30.3 Å². The van der Waals surface area contributed by atoms with E-state index >= 15 is 0 Å². The number of hydrogen-bond acceptors (Lipinski definition) is 5. The number of nitrogens with two attached hydrogens (primary N) is 1. The summed E-state index contributed by atoms with van der Waals surface area (Å²) in [6, 6.07) is 20.3. The summed E-state index contributed by atoms with van der Waals surface area (Å²) in [4.78, 5) is 9.18. The number of anilines is 1. The maximum Gasteiger partial charge on any atom is 0.221 e. The van der Waals surface area contributed by atoms with Crippen LogP contribution in [0.15, 0.2) is 71.4 Å². The SMILES string of the molecule is COc1ccc(-c2nc(N)nc(-c3ccsc3)c2Cc2ccccc2)cc1. The Kier molecular flexibility index (Phi) is 4.85. The van der Waals surface area contributed by atoms with Crippen molar-refractivity contribution in [3.8, 4) is 28.3 Å². The van der Waals surface area contributed by atoms with Crippen molar-refractivity contribution in [2.75, 3.05) is 12.8 Å². The zero-order valence-electron chi connectivity index (χ0n) is 14.9. The van der Waals surface area contributed by atoms with Crippen molar-refractivity contribution in [1.82, 2.24) is 9.97 Å². The predicted octanol–water partition coefficient (Wildman–Crippen LogP) is 5.05. The van der Waals surface area contributed by atoms with Gasteiger partial charge in [-0.25, -0.2) is 9.97 Å². The van der Waals surface area contributed by atoms with Crippen molar-refractivity contribution in [3.63, 3.8) is 0 Å². The molecule has 0 fully saturated rings. The van der Waals surface area contributed by atoms with Gasteiger partial charge in [0, 0.05) is 28.5 Å². The van der Waals surface area contributed by atoms with Crippen LogP contribution in [0, 0.1) is 0 Å². The van der Waals surface area contributed by atoms with E-state index < -0.39 is 0 Å². The molecule has 0 aliphatic carbocycles. The number of methoxy groups -OCH3 is 1. The highest BCUT2D eigenvalue weighted by Crippen LogP contribution is 2.34. The van der Waals surface area contributed by atoms with Crippen molar-refractivity contribution in [2.45, 2.75) is 6.42 Å². The summed E-state index contributed by atoms with van der Waals surface area (Å²) in [5.41, 5.74) is 12.2.